The van der Waals surface area contributed by atoms with E-state index in [1.165, 1.54) is 10.5 Å². The molecule has 1 aliphatic rings. The van der Waals surface area contributed by atoms with E-state index in [4.69, 9.17) is 21.1 Å². The van der Waals surface area contributed by atoms with Crippen LogP contribution in [0.15, 0.2) is 53.6 Å². The molecule has 5 rings (SSSR count). The van der Waals surface area contributed by atoms with Gasteiger partial charge in [0.1, 0.15) is 17.6 Å². The highest BCUT2D eigenvalue weighted by Crippen LogP contribution is 2.33. The summed E-state index contributed by atoms with van der Waals surface area (Å²) in [7, 11) is 1.57. The van der Waals surface area contributed by atoms with E-state index in [0.29, 0.717) is 58.6 Å². The fraction of sp³-hybridized carbons (Fsp3) is 0.269. The molecule has 180 valence electrons. The van der Waals surface area contributed by atoms with Gasteiger partial charge in [-0.25, -0.2) is 14.4 Å². The molecule has 7 nitrogen and oxygen atoms in total. The van der Waals surface area contributed by atoms with Gasteiger partial charge in [0.05, 0.1) is 19.4 Å². The van der Waals surface area contributed by atoms with Gasteiger partial charge in [-0.15, -0.1) is 0 Å². The molecule has 1 atom stereocenters. The zero-order chi connectivity index (χ0) is 24.7. The van der Waals surface area contributed by atoms with Crippen LogP contribution in [-0.2, 0) is 4.74 Å². The number of anilines is 1. The van der Waals surface area contributed by atoms with Crippen LogP contribution in [0.4, 0.5) is 10.1 Å². The van der Waals surface area contributed by atoms with Gasteiger partial charge in [-0.2, -0.15) is 0 Å². The largest absolute Gasteiger partial charge is 0.481 e. The number of aryl methyl sites for hydroxylation is 1. The Morgan fingerprint density at radius 2 is 2.00 bits per heavy atom. The molecule has 4 heterocycles. The van der Waals surface area contributed by atoms with Crippen LogP contribution in [0.3, 0.4) is 0 Å². The second kappa shape index (κ2) is 9.28. The highest BCUT2D eigenvalue weighted by atomic mass is 35.5. The van der Waals surface area contributed by atoms with Crippen LogP contribution in [0.2, 0.25) is 5.02 Å². The molecule has 0 amide bonds. The SMILES string of the molecule is COc1cc([C@@H]2CN(c3cc(-c4ccc(Cl)cc4F)c4nc(C)c(C)c(=O)n4c3)CCO2)ccn1. The number of morpholine rings is 1. The van der Waals surface area contributed by atoms with E-state index in [9.17, 15) is 4.79 Å². The zero-order valence-corrected chi connectivity index (χ0v) is 20.3. The van der Waals surface area contributed by atoms with Crippen LogP contribution in [0.5, 0.6) is 5.88 Å². The third-order valence-electron chi connectivity index (χ3n) is 6.37. The maximum atomic E-state index is 15.0. The summed E-state index contributed by atoms with van der Waals surface area (Å²) < 4.78 is 27.8. The number of hydrogen-bond acceptors (Lipinski definition) is 6. The van der Waals surface area contributed by atoms with Crippen molar-refractivity contribution in [3.05, 3.63) is 86.8 Å². The maximum absolute atomic E-state index is 15.0. The molecular weight excluding hydrogens is 471 g/mol. The van der Waals surface area contributed by atoms with Gasteiger partial charge in [0.25, 0.3) is 5.56 Å². The molecule has 0 unspecified atom stereocenters. The fourth-order valence-corrected chi connectivity index (χ4v) is 4.48. The second-order valence-corrected chi connectivity index (χ2v) is 8.93. The molecular formula is C26H24ClFN4O3. The number of fused-ring (bicyclic) bond motifs is 1. The van der Waals surface area contributed by atoms with Crippen LogP contribution in [-0.4, -0.2) is 41.2 Å². The number of nitrogens with zero attached hydrogens (tertiary/aromatic N) is 4. The average Bonchev–Trinajstić information content (AvgIpc) is 2.87. The number of methoxy groups -OCH3 is 1. The maximum Gasteiger partial charge on any atom is 0.261 e. The fourth-order valence-electron chi connectivity index (χ4n) is 4.32. The smallest absolute Gasteiger partial charge is 0.261 e. The topological polar surface area (TPSA) is 69.0 Å². The van der Waals surface area contributed by atoms with E-state index < -0.39 is 5.82 Å². The lowest BCUT2D eigenvalue weighted by molar-refractivity contribution is 0.0396. The number of hydrogen-bond donors (Lipinski definition) is 0. The number of benzene rings is 1. The molecule has 3 aromatic heterocycles. The Balaban J connectivity index is 1.64. The van der Waals surface area contributed by atoms with Crippen molar-refractivity contribution in [2.24, 2.45) is 0 Å². The predicted molar refractivity (Wildman–Crippen MR) is 133 cm³/mol. The standard InChI is InChI=1S/C26H24ClFN4O3/c1-15-16(2)30-25-21(20-5-4-18(27)11-22(20)28)12-19(13-32(25)26(15)33)31-8-9-35-23(14-31)17-6-7-29-24(10-17)34-3/h4-7,10-13,23H,8-9,14H2,1-3H3/t23-/m0/s1. The molecule has 1 fully saturated rings. The van der Waals surface area contributed by atoms with Crippen molar-refractivity contribution in [3.8, 4) is 17.0 Å². The van der Waals surface area contributed by atoms with Crippen LogP contribution in [0, 0.1) is 19.7 Å². The number of rotatable bonds is 4. The Labute approximate surface area is 206 Å². The molecule has 1 saturated heterocycles. The Hall–Kier alpha value is -3.49. The Morgan fingerprint density at radius 1 is 1.17 bits per heavy atom. The first-order valence-corrected chi connectivity index (χ1v) is 11.6. The molecule has 0 N–H and O–H groups in total. The Morgan fingerprint density at radius 3 is 2.77 bits per heavy atom. The molecule has 0 radical (unpaired) electrons. The lowest BCUT2D eigenvalue weighted by Crippen LogP contribution is -2.38. The first kappa shape index (κ1) is 23.3. The molecule has 0 aliphatic carbocycles. The van der Waals surface area contributed by atoms with E-state index in [2.05, 4.69) is 14.9 Å². The van der Waals surface area contributed by atoms with Gasteiger partial charge in [-0.05, 0) is 49.7 Å². The van der Waals surface area contributed by atoms with Gasteiger partial charge in [0, 0.05) is 59.0 Å². The lowest BCUT2D eigenvalue weighted by atomic mass is 10.0. The van der Waals surface area contributed by atoms with Crippen LogP contribution >= 0.6 is 11.6 Å². The third-order valence-corrected chi connectivity index (χ3v) is 6.61. The van der Waals surface area contributed by atoms with Crippen molar-refractivity contribution in [1.82, 2.24) is 14.4 Å². The third kappa shape index (κ3) is 4.35. The predicted octanol–water partition coefficient (Wildman–Crippen LogP) is 4.75. The summed E-state index contributed by atoms with van der Waals surface area (Å²) in [5, 5.41) is 0.299. The summed E-state index contributed by atoms with van der Waals surface area (Å²) in [6, 6.07) is 10.1. The van der Waals surface area contributed by atoms with Crippen molar-refractivity contribution in [1.29, 1.82) is 0 Å². The molecule has 0 spiro atoms. The normalized spacial score (nSPS) is 16.0. The van der Waals surface area contributed by atoms with Gasteiger partial charge in [-0.1, -0.05) is 11.6 Å². The zero-order valence-electron chi connectivity index (χ0n) is 19.6. The van der Waals surface area contributed by atoms with Crippen molar-refractivity contribution in [2.75, 3.05) is 31.7 Å². The minimum Gasteiger partial charge on any atom is -0.481 e. The molecule has 0 saturated carbocycles. The lowest BCUT2D eigenvalue weighted by Gasteiger charge is -2.35. The van der Waals surface area contributed by atoms with E-state index >= 15 is 4.39 Å². The van der Waals surface area contributed by atoms with E-state index in [1.54, 1.807) is 45.5 Å². The van der Waals surface area contributed by atoms with Gasteiger partial charge in [-0.3, -0.25) is 9.20 Å². The number of halogens is 2. The average molecular weight is 495 g/mol. The van der Waals surface area contributed by atoms with E-state index in [0.717, 1.165) is 11.3 Å². The quantitative estimate of drug-likeness (QED) is 0.408. The Kier molecular flexibility index (Phi) is 6.17. The van der Waals surface area contributed by atoms with Crippen molar-refractivity contribution < 1.29 is 13.9 Å². The van der Waals surface area contributed by atoms with E-state index in [-0.39, 0.29) is 11.7 Å². The molecule has 0 bridgehead atoms. The molecule has 9 heteroatoms. The minimum atomic E-state index is -0.479. The molecule has 1 aromatic carbocycles. The van der Waals surface area contributed by atoms with Crippen LogP contribution in [0.1, 0.15) is 22.9 Å². The summed E-state index contributed by atoms with van der Waals surface area (Å²) in [4.78, 5) is 24.1. The molecule has 4 aromatic rings. The number of pyridine rings is 2. The molecule has 35 heavy (non-hydrogen) atoms. The van der Waals surface area contributed by atoms with Crippen molar-refractivity contribution >= 4 is 22.9 Å². The highest BCUT2D eigenvalue weighted by molar-refractivity contribution is 6.30. The molecule has 1 aliphatic heterocycles. The van der Waals surface area contributed by atoms with Gasteiger partial charge < -0.3 is 14.4 Å². The second-order valence-electron chi connectivity index (χ2n) is 8.49. The first-order valence-electron chi connectivity index (χ1n) is 11.2. The van der Waals surface area contributed by atoms with Crippen LogP contribution in [0.25, 0.3) is 16.8 Å². The van der Waals surface area contributed by atoms with Crippen molar-refractivity contribution in [2.45, 2.75) is 20.0 Å². The summed E-state index contributed by atoms with van der Waals surface area (Å²) in [5.74, 6) is 0.0330. The number of ether oxygens (including phenoxy) is 2. The van der Waals surface area contributed by atoms with Gasteiger partial charge in [0.15, 0.2) is 0 Å². The summed E-state index contributed by atoms with van der Waals surface area (Å²) >= 11 is 6.00. The summed E-state index contributed by atoms with van der Waals surface area (Å²) in [6.07, 6.45) is 3.23. The monoisotopic (exact) mass is 494 g/mol. The summed E-state index contributed by atoms with van der Waals surface area (Å²) in [5.41, 5.74) is 3.92. The minimum absolute atomic E-state index is 0.186. The summed E-state index contributed by atoms with van der Waals surface area (Å²) in [6.45, 7) is 5.15. The Bertz CT molecular complexity index is 1490. The van der Waals surface area contributed by atoms with E-state index in [1.807, 2.05) is 18.2 Å². The van der Waals surface area contributed by atoms with Crippen LogP contribution < -0.4 is 15.2 Å². The highest BCUT2D eigenvalue weighted by Gasteiger charge is 2.25. The number of aromatic nitrogens is 3. The van der Waals surface area contributed by atoms with Gasteiger partial charge >= 0.3 is 0 Å². The van der Waals surface area contributed by atoms with Gasteiger partial charge in [0.2, 0.25) is 5.88 Å². The first-order chi connectivity index (χ1) is 16.9. The van der Waals surface area contributed by atoms with Crippen molar-refractivity contribution in [3.63, 3.8) is 0 Å².